The van der Waals surface area contributed by atoms with Gasteiger partial charge in [-0.1, -0.05) is 30.3 Å². The average molecular weight is 269 g/mol. The number of hydrogen-bond acceptors (Lipinski definition) is 6. The topological polar surface area (TPSA) is 105 Å². The van der Waals surface area contributed by atoms with Crippen LogP contribution in [0.4, 0.5) is 0 Å². The van der Waals surface area contributed by atoms with E-state index in [4.69, 9.17) is 20.3 Å². The second kappa shape index (κ2) is 6.42. The van der Waals surface area contributed by atoms with Crippen molar-refractivity contribution in [2.24, 2.45) is 5.73 Å². The lowest BCUT2D eigenvalue weighted by Gasteiger charge is -2.40. The Labute approximate surface area is 111 Å². The van der Waals surface area contributed by atoms with Crippen LogP contribution in [0.1, 0.15) is 5.56 Å². The van der Waals surface area contributed by atoms with E-state index in [-0.39, 0.29) is 6.61 Å². The smallest absolute Gasteiger partial charge is 0.176 e. The Morgan fingerprint density at radius 2 is 1.84 bits per heavy atom. The first-order valence-corrected chi connectivity index (χ1v) is 6.17. The third kappa shape index (κ3) is 3.30. The summed E-state index contributed by atoms with van der Waals surface area (Å²) in [5.74, 6) is 0. The normalized spacial score (nSPS) is 35.3. The molecule has 6 nitrogen and oxygen atoms in total. The fourth-order valence-corrected chi connectivity index (χ4v) is 2.01. The molecule has 0 amide bonds. The van der Waals surface area contributed by atoms with E-state index in [2.05, 4.69) is 0 Å². The summed E-state index contributed by atoms with van der Waals surface area (Å²) in [4.78, 5) is 0. The first kappa shape index (κ1) is 14.4. The maximum Gasteiger partial charge on any atom is 0.176 e. The van der Waals surface area contributed by atoms with Gasteiger partial charge in [0.25, 0.3) is 0 Å². The highest BCUT2D eigenvalue weighted by atomic mass is 16.7. The van der Waals surface area contributed by atoms with Gasteiger partial charge in [-0.3, -0.25) is 0 Å². The van der Waals surface area contributed by atoms with E-state index in [0.717, 1.165) is 5.56 Å². The molecule has 106 valence electrons. The van der Waals surface area contributed by atoms with Crippen molar-refractivity contribution in [2.45, 2.75) is 37.3 Å². The van der Waals surface area contributed by atoms with Gasteiger partial charge in [-0.05, 0) is 5.56 Å². The molecule has 0 aliphatic carbocycles. The van der Waals surface area contributed by atoms with Crippen molar-refractivity contribution in [2.75, 3.05) is 6.61 Å². The molecule has 0 aromatic heterocycles. The minimum atomic E-state index is -1.21. The molecule has 0 spiro atoms. The molecule has 1 fully saturated rings. The Kier molecular flexibility index (Phi) is 4.87. The van der Waals surface area contributed by atoms with E-state index >= 15 is 0 Å². The number of nitrogens with two attached hydrogens (primary N) is 1. The third-order valence-electron chi connectivity index (χ3n) is 3.19. The van der Waals surface area contributed by atoms with Gasteiger partial charge in [0, 0.05) is 0 Å². The lowest BCUT2D eigenvalue weighted by molar-refractivity contribution is -0.269. The molecule has 6 heteroatoms. The highest BCUT2D eigenvalue weighted by Gasteiger charge is 2.42. The zero-order chi connectivity index (χ0) is 13.8. The van der Waals surface area contributed by atoms with E-state index < -0.39 is 37.3 Å². The Morgan fingerprint density at radius 3 is 2.47 bits per heavy atom. The molecule has 1 aromatic carbocycles. The molecule has 5 N–H and O–H groups in total. The predicted octanol–water partition coefficient (Wildman–Crippen LogP) is -1.03. The number of hydrogen-bond donors (Lipinski definition) is 4. The molecule has 1 aliphatic rings. The Morgan fingerprint density at radius 1 is 1.16 bits per heavy atom. The number of ether oxygens (including phenoxy) is 2. The Balaban J connectivity index is 1.95. The van der Waals surface area contributed by atoms with Crippen molar-refractivity contribution >= 4 is 0 Å². The molecule has 0 saturated carbocycles. The van der Waals surface area contributed by atoms with E-state index in [1.807, 2.05) is 30.3 Å². The monoisotopic (exact) mass is 269 g/mol. The van der Waals surface area contributed by atoms with Crippen molar-refractivity contribution in [1.29, 1.82) is 0 Å². The zero-order valence-corrected chi connectivity index (χ0v) is 10.4. The standard InChI is InChI=1S/C13H19NO5/c14-10-12(17)11(16)9(6-15)19-13(10)18-7-8-4-2-1-3-5-8/h1-5,9-13,15-17H,6-7,14H2/t9?,10?,11-,12+,13-/m0/s1. The fourth-order valence-electron chi connectivity index (χ4n) is 2.01. The number of aliphatic hydroxyl groups excluding tert-OH is 3. The van der Waals surface area contributed by atoms with Crippen molar-refractivity contribution in [1.82, 2.24) is 0 Å². The van der Waals surface area contributed by atoms with Crippen LogP contribution in [0.15, 0.2) is 30.3 Å². The van der Waals surface area contributed by atoms with Gasteiger partial charge < -0.3 is 30.5 Å². The minimum Gasteiger partial charge on any atom is -0.394 e. The van der Waals surface area contributed by atoms with Gasteiger partial charge in [-0.15, -0.1) is 0 Å². The van der Waals surface area contributed by atoms with Crippen LogP contribution in [0.25, 0.3) is 0 Å². The summed E-state index contributed by atoms with van der Waals surface area (Å²) in [6.07, 6.45) is -4.16. The molecule has 1 heterocycles. The summed E-state index contributed by atoms with van der Waals surface area (Å²) >= 11 is 0. The fraction of sp³-hybridized carbons (Fsp3) is 0.538. The van der Waals surface area contributed by atoms with E-state index in [9.17, 15) is 10.2 Å². The van der Waals surface area contributed by atoms with Gasteiger partial charge in [-0.25, -0.2) is 0 Å². The van der Waals surface area contributed by atoms with E-state index in [0.29, 0.717) is 0 Å². The quantitative estimate of drug-likeness (QED) is 0.557. The van der Waals surface area contributed by atoms with Crippen molar-refractivity contribution in [3.63, 3.8) is 0 Å². The lowest BCUT2D eigenvalue weighted by atomic mass is 9.98. The van der Waals surface area contributed by atoms with Crippen molar-refractivity contribution in [3.8, 4) is 0 Å². The predicted molar refractivity (Wildman–Crippen MR) is 67.0 cm³/mol. The van der Waals surface area contributed by atoms with Gasteiger partial charge in [-0.2, -0.15) is 0 Å². The van der Waals surface area contributed by atoms with Gasteiger partial charge in [0.2, 0.25) is 0 Å². The second-order valence-corrected chi connectivity index (χ2v) is 4.58. The number of benzene rings is 1. The third-order valence-corrected chi connectivity index (χ3v) is 3.19. The summed E-state index contributed by atoms with van der Waals surface area (Å²) in [5.41, 5.74) is 6.70. The van der Waals surface area contributed by atoms with Gasteiger partial charge in [0.15, 0.2) is 6.29 Å². The molecule has 0 bridgehead atoms. The van der Waals surface area contributed by atoms with Crippen LogP contribution < -0.4 is 5.73 Å². The summed E-state index contributed by atoms with van der Waals surface area (Å²) < 4.78 is 10.8. The van der Waals surface area contributed by atoms with Crippen LogP contribution in [-0.4, -0.2) is 52.6 Å². The summed E-state index contributed by atoms with van der Waals surface area (Å²) in [5, 5.41) is 28.5. The molecular weight excluding hydrogens is 250 g/mol. The van der Waals surface area contributed by atoms with Crippen LogP contribution in [0.3, 0.4) is 0 Å². The van der Waals surface area contributed by atoms with Crippen LogP contribution in [0.5, 0.6) is 0 Å². The largest absolute Gasteiger partial charge is 0.394 e. The first-order chi connectivity index (χ1) is 9.13. The minimum absolute atomic E-state index is 0.278. The van der Waals surface area contributed by atoms with E-state index in [1.54, 1.807) is 0 Å². The van der Waals surface area contributed by atoms with Gasteiger partial charge in [0.05, 0.1) is 19.3 Å². The molecule has 19 heavy (non-hydrogen) atoms. The summed E-state index contributed by atoms with van der Waals surface area (Å²) in [7, 11) is 0. The van der Waals surface area contributed by atoms with Gasteiger partial charge in [0.1, 0.15) is 18.3 Å². The highest BCUT2D eigenvalue weighted by molar-refractivity contribution is 5.13. The Hall–Kier alpha value is -1.02. The van der Waals surface area contributed by atoms with Gasteiger partial charge >= 0.3 is 0 Å². The SMILES string of the molecule is NC1[C@@H](OCc2ccccc2)OC(CO)[C@H](O)[C@@H]1O. The molecule has 2 unspecified atom stereocenters. The number of aliphatic hydroxyl groups is 3. The van der Waals surface area contributed by atoms with Crippen molar-refractivity contribution < 1.29 is 24.8 Å². The van der Waals surface area contributed by atoms with Crippen LogP contribution in [0.2, 0.25) is 0 Å². The zero-order valence-electron chi connectivity index (χ0n) is 10.4. The lowest BCUT2D eigenvalue weighted by Crippen LogP contribution is -2.62. The van der Waals surface area contributed by atoms with Crippen LogP contribution in [-0.2, 0) is 16.1 Å². The highest BCUT2D eigenvalue weighted by Crippen LogP contribution is 2.21. The first-order valence-electron chi connectivity index (χ1n) is 6.17. The molecular formula is C13H19NO5. The molecule has 1 aliphatic heterocycles. The van der Waals surface area contributed by atoms with E-state index in [1.165, 1.54) is 0 Å². The molecule has 2 rings (SSSR count). The molecule has 1 saturated heterocycles. The van der Waals surface area contributed by atoms with Crippen LogP contribution in [0, 0.1) is 0 Å². The number of rotatable bonds is 4. The summed E-state index contributed by atoms with van der Waals surface area (Å²) in [6.45, 7) is -0.129. The molecule has 1 aromatic rings. The maximum atomic E-state index is 9.77. The summed E-state index contributed by atoms with van der Waals surface area (Å²) in [6, 6.07) is 8.59. The molecule has 5 atom stereocenters. The van der Waals surface area contributed by atoms with Crippen LogP contribution >= 0.6 is 0 Å². The molecule has 0 radical (unpaired) electrons. The second-order valence-electron chi connectivity index (χ2n) is 4.58. The maximum absolute atomic E-state index is 9.77. The Bertz CT molecular complexity index is 386. The van der Waals surface area contributed by atoms with Crippen molar-refractivity contribution in [3.05, 3.63) is 35.9 Å². The average Bonchev–Trinajstić information content (AvgIpc) is 2.45.